The number of carbonyl (C=O) groups excluding carboxylic acids is 1. The summed E-state index contributed by atoms with van der Waals surface area (Å²) >= 11 is 0. The van der Waals surface area contributed by atoms with Gasteiger partial charge in [0.2, 0.25) is 0 Å². The fraction of sp³-hybridized carbons (Fsp3) is 0.455. The van der Waals surface area contributed by atoms with E-state index in [2.05, 4.69) is 15.6 Å². The van der Waals surface area contributed by atoms with Crippen molar-refractivity contribution in [3.63, 3.8) is 0 Å². The Labute approximate surface area is 113 Å². The van der Waals surface area contributed by atoms with Gasteiger partial charge in [0.1, 0.15) is 0 Å². The van der Waals surface area contributed by atoms with Gasteiger partial charge in [0, 0.05) is 25.0 Å². The molecule has 1 aromatic rings. The van der Waals surface area contributed by atoms with Crippen LogP contribution >= 0.6 is 24.8 Å². The van der Waals surface area contributed by atoms with Gasteiger partial charge in [0.25, 0.3) is 5.91 Å². The highest BCUT2D eigenvalue weighted by Gasteiger charge is 2.14. The average Bonchev–Trinajstić information content (AvgIpc) is 2.80. The minimum atomic E-state index is -0.0446. The van der Waals surface area contributed by atoms with Crippen LogP contribution in [0.2, 0.25) is 0 Å². The molecule has 0 bridgehead atoms. The molecule has 0 saturated carbocycles. The van der Waals surface area contributed by atoms with E-state index >= 15 is 0 Å². The molecule has 0 aromatic carbocycles. The molecule has 2 N–H and O–H groups in total. The van der Waals surface area contributed by atoms with Crippen molar-refractivity contribution in [1.29, 1.82) is 0 Å². The molecular formula is C11H17Cl2N3O. The van der Waals surface area contributed by atoms with Gasteiger partial charge in [0.15, 0.2) is 0 Å². The third-order valence-electron chi connectivity index (χ3n) is 2.60. The zero-order chi connectivity index (χ0) is 10.5. The molecular weight excluding hydrogens is 261 g/mol. The lowest BCUT2D eigenvalue weighted by atomic mass is 10.2. The van der Waals surface area contributed by atoms with Crippen LogP contribution in [0, 0.1) is 0 Å². The summed E-state index contributed by atoms with van der Waals surface area (Å²) in [7, 11) is 0. The average molecular weight is 278 g/mol. The predicted octanol–water partition coefficient (Wildman–Crippen LogP) is 1.41. The summed E-state index contributed by atoms with van der Waals surface area (Å²) in [6.45, 7) is 1.77. The molecule has 4 nitrogen and oxygen atoms in total. The van der Waals surface area contributed by atoms with Crippen LogP contribution < -0.4 is 10.6 Å². The Bertz CT molecular complexity index is 329. The Morgan fingerprint density at radius 1 is 1.53 bits per heavy atom. The molecule has 0 spiro atoms. The highest BCUT2D eigenvalue weighted by atomic mass is 35.5. The van der Waals surface area contributed by atoms with Crippen molar-refractivity contribution >= 4 is 30.7 Å². The molecule has 1 aliphatic rings. The molecule has 1 saturated heterocycles. The van der Waals surface area contributed by atoms with Crippen molar-refractivity contribution in [2.45, 2.75) is 18.9 Å². The predicted molar refractivity (Wildman–Crippen MR) is 72.1 cm³/mol. The van der Waals surface area contributed by atoms with E-state index in [4.69, 9.17) is 0 Å². The van der Waals surface area contributed by atoms with Crippen LogP contribution in [-0.4, -0.2) is 30.0 Å². The lowest BCUT2D eigenvalue weighted by Crippen LogP contribution is -2.37. The highest BCUT2D eigenvalue weighted by molar-refractivity contribution is 5.93. The van der Waals surface area contributed by atoms with Gasteiger partial charge < -0.3 is 10.6 Å². The molecule has 17 heavy (non-hydrogen) atoms. The van der Waals surface area contributed by atoms with Crippen molar-refractivity contribution in [2.24, 2.45) is 0 Å². The monoisotopic (exact) mass is 277 g/mol. The third-order valence-corrected chi connectivity index (χ3v) is 2.60. The number of nitrogens with one attached hydrogen (secondary N) is 2. The quantitative estimate of drug-likeness (QED) is 0.879. The van der Waals surface area contributed by atoms with Gasteiger partial charge >= 0.3 is 0 Å². The summed E-state index contributed by atoms with van der Waals surface area (Å²) in [6, 6.07) is 3.97. The van der Waals surface area contributed by atoms with E-state index in [1.807, 2.05) is 0 Å². The number of halogens is 2. The van der Waals surface area contributed by atoms with Crippen LogP contribution in [0.4, 0.5) is 0 Å². The van der Waals surface area contributed by atoms with Crippen LogP contribution in [-0.2, 0) is 0 Å². The Kier molecular flexibility index (Phi) is 7.87. The van der Waals surface area contributed by atoms with E-state index in [0.717, 1.165) is 13.0 Å². The first kappa shape index (κ1) is 16.2. The van der Waals surface area contributed by atoms with Crippen LogP contribution in [0.5, 0.6) is 0 Å². The van der Waals surface area contributed by atoms with Crippen molar-refractivity contribution in [3.8, 4) is 0 Å². The zero-order valence-electron chi connectivity index (χ0n) is 9.39. The second-order valence-corrected chi connectivity index (χ2v) is 3.75. The van der Waals surface area contributed by atoms with Crippen molar-refractivity contribution in [2.75, 3.05) is 13.1 Å². The minimum absolute atomic E-state index is 0. The molecule has 1 amide bonds. The number of carbonyl (C=O) groups is 1. The van der Waals surface area contributed by atoms with Gasteiger partial charge in [-0.3, -0.25) is 9.78 Å². The van der Waals surface area contributed by atoms with Gasteiger partial charge in [-0.2, -0.15) is 0 Å². The molecule has 2 rings (SSSR count). The Hall–Kier alpha value is -0.840. The maximum absolute atomic E-state index is 11.6. The van der Waals surface area contributed by atoms with Crippen LogP contribution in [0.3, 0.4) is 0 Å². The first-order valence-electron chi connectivity index (χ1n) is 5.28. The van der Waals surface area contributed by atoms with Gasteiger partial charge in [0.05, 0.1) is 5.56 Å². The molecule has 1 aromatic heterocycles. The van der Waals surface area contributed by atoms with Gasteiger partial charge in [-0.25, -0.2) is 0 Å². The SMILES string of the molecule is Cl.Cl.O=C(NCC1CCCN1)c1cccnc1. The number of aromatic nitrogens is 1. The van der Waals surface area contributed by atoms with E-state index in [0.29, 0.717) is 18.2 Å². The largest absolute Gasteiger partial charge is 0.350 e. The molecule has 1 atom stereocenters. The molecule has 1 aliphatic heterocycles. The van der Waals surface area contributed by atoms with Crippen molar-refractivity contribution in [3.05, 3.63) is 30.1 Å². The highest BCUT2D eigenvalue weighted by Crippen LogP contribution is 2.03. The smallest absolute Gasteiger partial charge is 0.252 e. The first-order chi connectivity index (χ1) is 7.36. The maximum atomic E-state index is 11.6. The topological polar surface area (TPSA) is 54.0 Å². The van der Waals surface area contributed by atoms with Crippen LogP contribution in [0.25, 0.3) is 0 Å². The van der Waals surface area contributed by atoms with E-state index in [9.17, 15) is 4.79 Å². The van der Waals surface area contributed by atoms with Crippen molar-refractivity contribution < 1.29 is 4.79 Å². The number of pyridine rings is 1. The number of rotatable bonds is 3. The fourth-order valence-electron chi connectivity index (χ4n) is 1.75. The third kappa shape index (κ3) is 4.89. The van der Waals surface area contributed by atoms with Crippen LogP contribution in [0.15, 0.2) is 24.5 Å². The van der Waals surface area contributed by atoms with Gasteiger partial charge in [-0.15, -0.1) is 24.8 Å². The normalized spacial score (nSPS) is 17.8. The number of hydrogen-bond donors (Lipinski definition) is 2. The Morgan fingerprint density at radius 3 is 2.94 bits per heavy atom. The Morgan fingerprint density at radius 2 is 2.35 bits per heavy atom. The number of nitrogens with zero attached hydrogens (tertiary/aromatic N) is 1. The summed E-state index contributed by atoms with van der Waals surface area (Å²) in [5.74, 6) is -0.0446. The molecule has 1 unspecified atom stereocenters. The molecule has 2 heterocycles. The molecule has 96 valence electrons. The molecule has 0 aliphatic carbocycles. The van der Waals surface area contributed by atoms with Gasteiger partial charge in [-0.1, -0.05) is 0 Å². The second-order valence-electron chi connectivity index (χ2n) is 3.75. The van der Waals surface area contributed by atoms with Crippen LogP contribution in [0.1, 0.15) is 23.2 Å². The molecule has 0 radical (unpaired) electrons. The lowest BCUT2D eigenvalue weighted by Gasteiger charge is -2.11. The molecule has 1 fully saturated rings. The van der Waals surface area contributed by atoms with E-state index < -0.39 is 0 Å². The zero-order valence-corrected chi connectivity index (χ0v) is 11.0. The maximum Gasteiger partial charge on any atom is 0.252 e. The summed E-state index contributed by atoms with van der Waals surface area (Å²) < 4.78 is 0. The summed E-state index contributed by atoms with van der Waals surface area (Å²) in [5, 5.41) is 6.23. The lowest BCUT2D eigenvalue weighted by molar-refractivity contribution is 0.0950. The standard InChI is InChI=1S/C11H15N3O.2ClH/c15-11(9-3-1-5-12-7-9)14-8-10-4-2-6-13-10;;/h1,3,5,7,10,13H,2,4,6,8H2,(H,14,15);2*1H. The molecule has 6 heteroatoms. The van der Waals surface area contributed by atoms with Crippen molar-refractivity contribution in [1.82, 2.24) is 15.6 Å². The van der Waals surface area contributed by atoms with Gasteiger partial charge in [-0.05, 0) is 31.5 Å². The second kappa shape index (κ2) is 8.28. The fourth-order valence-corrected chi connectivity index (χ4v) is 1.75. The number of hydrogen-bond acceptors (Lipinski definition) is 3. The summed E-state index contributed by atoms with van der Waals surface area (Å²) in [6.07, 6.45) is 5.59. The Balaban J connectivity index is 0.00000128. The summed E-state index contributed by atoms with van der Waals surface area (Å²) in [4.78, 5) is 15.5. The van der Waals surface area contributed by atoms with E-state index in [1.54, 1.807) is 24.5 Å². The number of amides is 1. The minimum Gasteiger partial charge on any atom is -0.350 e. The summed E-state index contributed by atoms with van der Waals surface area (Å²) in [5.41, 5.74) is 0.621. The van der Waals surface area contributed by atoms with E-state index in [1.165, 1.54) is 6.42 Å². The first-order valence-corrected chi connectivity index (χ1v) is 5.28. The van der Waals surface area contributed by atoms with E-state index in [-0.39, 0.29) is 30.7 Å².